The van der Waals surface area contributed by atoms with Crippen molar-refractivity contribution in [3.05, 3.63) is 63.1 Å². The van der Waals surface area contributed by atoms with Crippen molar-refractivity contribution in [3.8, 4) is 5.75 Å². The Bertz CT molecular complexity index is 1150. The van der Waals surface area contributed by atoms with Crippen LogP contribution in [-0.2, 0) is 17.7 Å². The van der Waals surface area contributed by atoms with E-state index >= 15 is 0 Å². The number of aryl methyl sites for hydroxylation is 1. The van der Waals surface area contributed by atoms with E-state index in [4.69, 9.17) is 4.74 Å². The van der Waals surface area contributed by atoms with Gasteiger partial charge in [-0.2, -0.15) is 0 Å². The van der Waals surface area contributed by atoms with Gasteiger partial charge in [0, 0.05) is 18.7 Å². The van der Waals surface area contributed by atoms with E-state index in [1.54, 1.807) is 4.90 Å². The van der Waals surface area contributed by atoms with E-state index in [2.05, 4.69) is 0 Å². The SMILES string of the molecule is CC[C@H](C)[C@H]1CO[C@@H]2Cn3cc(C(=O)CCc4ccc(F)cc4F)c(=O)c(O)c3C(=O)N12.[Na+]. The van der Waals surface area contributed by atoms with Crippen LogP contribution < -0.4 is 35.0 Å². The van der Waals surface area contributed by atoms with E-state index < -0.39 is 40.7 Å². The molecule has 1 saturated heterocycles. The van der Waals surface area contributed by atoms with Crippen LogP contribution in [-0.4, -0.2) is 45.1 Å². The predicted molar refractivity (Wildman–Crippen MR) is 111 cm³/mol. The second-order valence-corrected chi connectivity index (χ2v) is 8.33. The molecule has 2 aromatic rings. The topological polar surface area (TPSA) is 88.8 Å². The fourth-order valence-corrected chi connectivity index (χ4v) is 4.33. The number of hydrogen-bond donors (Lipinski definition) is 1. The maximum Gasteiger partial charge on any atom is 1.00 e. The minimum Gasteiger partial charge on any atom is -0.503 e. The van der Waals surface area contributed by atoms with Crippen LogP contribution in [0.25, 0.3) is 0 Å². The van der Waals surface area contributed by atoms with Gasteiger partial charge in [0.05, 0.1) is 24.8 Å². The summed E-state index contributed by atoms with van der Waals surface area (Å²) in [4.78, 5) is 40.1. The fourth-order valence-electron chi connectivity index (χ4n) is 4.33. The molecule has 0 unspecified atom stereocenters. The molecule has 3 atom stereocenters. The molecule has 1 fully saturated rings. The minimum absolute atomic E-state index is 0. The van der Waals surface area contributed by atoms with Gasteiger partial charge in [-0.25, -0.2) is 8.78 Å². The molecule has 0 aliphatic carbocycles. The number of rotatable bonds is 6. The number of carbonyl (C=O) groups is 2. The molecule has 2 aliphatic heterocycles. The molecule has 33 heavy (non-hydrogen) atoms. The number of aromatic hydroxyl groups is 1. The molecule has 7 nitrogen and oxygen atoms in total. The number of ether oxygens (including phenoxy) is 1. The number of pyridine rings is 1. The van der Waals surface area contributed by atoms with Crippen LogP contribution in [0.4, 0.5) is 8.78 Å². The summed E-state index contributed by atoms with van der Waals surface area (Å²) in [6, 6.07) is 2.90. The molecule has 10 heteroatoms. The molecule has 0 bridgehead atoms. The van der Waals surface area contributed by atoms with Crippen LogP contribution in [0.1, 0.15) is 53.1 Å². The predicted octanol–water partition coefficient (Wildman–Crippen LogP) is -0.122. The van der Waals surface area contributed by atoms with Crippen LogP contribution >= 0.6 is 0 Å². The first kappa shape index (κ1) is 25.6. The Morgan fingerprint density at radius 2 is 2.03 bits per heavy atom. The Hall–Kier alpha value is -2.07. The molecule has 0 spiro atoms. The fraction of sp³-hybridized carbons (Fsp3) is 0.435. The third-order valence-electron chi connectivity index (χ3n) is 6.41. The van der Waals surface area contributed by atoms with Gasteiger partial charge in [-0.05, 0) is 24.0 Å². The van der Waals surface area contributed by atoms with Crippen LogP contribution in [0, 0.1) is 17.6 Å². The van der Waals surface area contributed by atoms with E-state index in [0.29, 0.717) is 6.61 Å². The van der Waals surface area contributed by atoms with Gasteiger partial charge in [-0.15, -0.1) is 0 Å². The first-order chi connectivity index (χ1) is 15.2. The smallest absolute Gasteiger partial charge is 0.503 e. The standard InChI is InChI=1S/C23H24F2N2O5.Na/c1-3-12(2)17-11-32-19-10-26-9-15(21(29)22(30)20(26)23(31)27(17)19)18(28)7-5-13-4-6-14(24)8-16(13)25;/h4,6,8-9,12,17,19,30H,3,5,7,10-11H2,1-2H3;/q;+1/t12-,17+,19+;/m0./s1. The summed E-state index contributed by atoms with van der Waals surface area (Å²) in [5, 5.41) is 10.5. The Morgan fingerprint density at radius 1 is 1.30 bits per heavy atom. The Kier molecular flexibility index (Phi) is 7.78. The van der Waals surface area contributed by atoms with E-state index in [1.807, 2.05) is 13.8 Å². The van der Waals surface area contributed by atoms with E-state index in [9.17, 15) is 28.3 Å². The average Bonchev–Trinajstić information content (AvgIpc) is 3.19. The molecular formula is C23H24F2N2NaO5+. The molecule has 0 radical (unpaired) electrons. The van der Waals surface area contributed by atoms with Crippen molar-refractivity contribution in [2.24, 2.45) is 5.92 Å². The zero-order chi connectivity index (χ0) is 23.2. The molecule has 4 rings (SSSR count). The summed E-state index contributed by atoms with van der Waals surface area (Å²) in [6.07, 6.45) is 1.29. The summed E-state index contributed by atoms with van der Waals surface area (Å²) < 4.78 is 34.1. The third kappa shape index (κ3) is 4.64. The van der Waals surface area contributed by atoms with E-state index in [1.165, 1.54) is 16.8 Å². The molecule has 1 amide bonds. The molecule has 170 valence electrons. The van der Waals surface area contributed by atoms with Gasteiger partial charge >= 0.3 is 29.6 Å². The van der Waals surface area contributed by atoms with Gasteiger partial charge in [0.2, 0.25) is 5.43 Å². The molecule has 1 aromatic heterocycles. The van der Waals surface area contributed by atoms with Crippen LogP contribution in [0.3, 0.4) is 0 Å². The number of fused-ring (bicyclic) bond motifs is 2. The maximum absolute atomic E-state index is 13.8. The van der Waals surface area contributed by atoms with Crippen LogP contribution in [0.5, 0.6) is 5.75 Å². The van der Waals surface area contributed by atoms with Gasteiger partial charge in [0.15, 0.2) is 23.5 Å². The summed E-state index contributed by atoms with van der Waals surface area (Å²) in [5.74, 6) is -3.21. The summed E-state index contributed by atoms with van der Waals surface area (Å²) in [6.45, 7) is 4.56. The van der Waals surface area contributed by atoms with Crippen molar-refractivity contribution in [2.45, 2.75) is 51.9 Å². The number of ketones is 1. The average molecular weight is 469 g/mol. The number of carbonyl (C=O) groups excluding carboxylic acids is 2. The largest absolute Gasteiger partial charge is 1.00 e. The van der Waals surface area contributed by atoms with E-state index in [0.717, 1.165) is 18.6 Å². The zero-order valence-corrected chi connectivity index (χ0v) is 20.8. The van der Waals surface area contributed by atoms with Gasteiger partial charge in [-0.1, -0.05) is 26.3 Å². The molecule has 1 N–H and O–H groups in total. The molecule has 0 saturated carbocycles. The van der Waals surface area contributed by atoms with Crippen molar-refractivity contribution in [1.82, 2.24) is 9.47 Å². The van der Waals surface area contributed by atoms with Crippen molar-refractivity contribution < 1.29 is 57.8 Å². The second kappa shape index (κ2) is 10.0. The first-order valence-electron chi connectivity index (χ1n) is 10.6. The molecular weight excluding hydrogens is 445 g/mol. The Labute approximate surface area is 211 Å². The number of halogens is 2. The van der Waals surface area contributed by atoms with Gasteiger partial charge in [0.25, 0.3) is 5.91 Å². The number of nitrogens with zero attached hydrogens (tertiary/aromatic N) is 2. The number of Topliss-reactive ketones (excluding diaryl/α,β-unsaturated/α-hetero) is 1. The third-order valence-corrected chi connectivity index (χ3v) is 6.41. The number of amides is 1. The quantitative estimate of drug-likeness (QED) is 0.471. The number of aromatic nitrogens is 1. The molecule has 1 aromatic carbocycles. The van der Waals surface area contributed by atoms with Crippen molar-refractivity contribution in [3.63, 3.8) is 0 Å². The van der Waals surface area contributed by atoms with Crippen LogP contribution in [0.2, 0.25) is 0 Å². The second-order valence-electron chi connectivity index (χ2n) is 8.33. The molecule has 3 heterocycles. The van der Waals surface area contributed by atoms with Crippen molar-refractivity contribution in [2.75, 3.05) is 6.61 Å². The number of benzene rings is 1. The Morgan fingerprint density at radius 3 is 2.70 bits per heavy atom. The summed E-state index contributed by atoms with van der Waals surface area (Å²) >= 11 is 0. The van der Waals surface area contributed by atoms with Gasteiger partial charge in [0.1, 0.15) is 11.6 Å². The van der Waals surface area contributed by atoms with Crippen molar-refractivity contribution in [1.29, 1.82) is 0 Å². The monoisotopic (exact) mass is 469 g/mol. The normalized spacial score (nSPS) is 20.1. The van der Waals surface area contributed by atoms with Gasteiger partial charge < -0.3 is 19.3 Å². The summed E-state index contributed by atoms with van der Waals surface area (Å²) in [5.41, 5.74) is -1.24. The van der Waals surface area contributed by atoms with E-state index in [-0.39, 0.29) is 77.7 Å². The van der Waals surface area contributed by atoms with Crippen molar-refractivity contribution >= 4 is 11.7 Å². The minimum atomic E-state index is -0.937. The Balaban J connectivity index is 0.00000306. The van der Waals surface area contributed by atoms with Crippen LogP contribution in [0.15, 0.2) is 29.2 Å². The molecule has 2 aliphatic rings. The maximum atomic E-state index is 13.8. The number of hydrogen-bond acceptors (Lipinski definition) is 5. The first-order valence-corrected chi connectivity index (χ1v) is 10.6. The van der Waals surface area contributed by atoms with Gasteiger partial charge in [-0.3, -0.25) is 14.4 Å². The zero-order valence-electron chi connectivity index (χ0n) is 18.8. The summed E-state index contributed by atoms with van der Waals surface area (Å²) in [7, 11) is 0.